The summed E-state index contributed by atoms with van der Waals surface area (Å²) in [7, 11) is -1.54. The van der Waals surface area contributed by atoms with Gasteiger partial charge in [-0.1, -0.05) is 6.07 Å². The summed E-state index contributed by atoms with van der Waals surface area (Å²) in [6, 6.07) is 2.85. The number of hydrogen-bond donors (Lipinski definition) is 0. The number of alkyl halides is 3. The Morgan fingerprint density at radius 1 is 1.02 bits per heavy atom. The molecule has 5 rings (SSSR count). The second-order valence-electron chi connectivity index (χ2n) is 12.6. The Balaban J connectivity index is 1.11. The number of piperidine rings is 2. The molecule has 3 fully saturated rings. The summed E-state index contributed by atoms with van der Waals surface area (Å²) in [4.78, 5) is 30.2. The number of likely N-dealkylation sites (tertiary alicyclic amines) is 2. The van der Waals surface area contributed by atoms with E-state index in [4.69, 9.17) is 4.74 Å². The fraction of sp³-hybridized carbons (Fsp3) is 0.677. The number of halogens is 3. The van der Waals surface area contributed by atoms with Crippen molar-refractivity contribution in [1.29, 1.82) is 0 Å². The topological polar surface area (TPSA) is 109 Å². The van der Waals surface area contributed by atoms with Gasteiger partial charge in [-0.25, -0.2) is 22.7 Å². The highest BCUT2D eigenvalue weighted by atomic mass is 32.2. The number of aryl methyl sites for hydroxylation is 1. The van der Waals surface area contributed by atoms with Crippen LogP contribution in [0.15, 0.2) is 24.7 Å². The number of aromatic nitrogens is 3. The Morgan fingerprint density at radius 3 is 2.36 bits per heavy atom. The smallest absolute Gasteiger partial charge is 0.370 e. The highest BCUT2D eigenvalue weighted by molar-refractivity contribution is 7.88. The Hall–Kier alpha value is -2.68. The quantitative estimate of drug-likeness (QED) is 0.413. The molecule has 2 aromatic rings. The third-order valence-corrected chi connectivity index (χ3v) is 11.0. The average Bonchev–Trinajstić information content (AvgIpc) is 3.03. The van der Waals surface area contributed by atoms with Gasteiger partial charge in [-0.3, -0.25) is 9.78 Å². The molecule has 0 unspecified atom stereocenters. The normalized spacial score (nSPS) is 23.0. The van der Waals surface area contributed by atoms with Crippen molar-refractivity contribution in [2.24, 2.45) is 0 Å². The summed E-state index contributed by atoms with van der Waals surface area (Å²) in [5.41, 5.74) is 1.71. The van der Waals surface area contributed by atoms with E-state index in [1.54, 1.807) is 7.05 Å². The minimum Gasteiger partial charge on any atom is -0.370 e. The monoisotopic (exact) mass is 652 g/mol. The lowest BCUT2D eigenvalue weighted by molar-refractivity contribution is -0.141. The van der Waals surface area contributed by atoms with Crippen LogP contribution in [0.2, 0.25) is 0 Å². The molecule has 0 aromatic carbocycles. The Labute approximate surface area is 263 Å². The summed E-state index contributed by atoms with van der Waals surface area (Å²) in [6.07, 6.45) is 6.21. The van der Waals surface area contributed by atoms with Crippen molar-refractivity contribution >= 4 is 15.9 Å². The van der Waals surface area contributed by atoms with Gasteiger partial charge in [0.25, 0.3) is 5.91 Å². The van der Waals surface area contributed by atoms with E-state index < -0.39 is 21.9 Å². The number of nitrogens with zero attached hydrogens (tertiary/aromatic N) is 6. The van der Waals surface area contributed by atoms with Gasteiger partial charge in [0.1, 0.15) is 17.7 Å². The Morgan fingerprint density at radius 2 is 1.73 bits per heavy atom. The number of sulfonamides is 1. The Kier molecular flexibility index (Phi) is 10.5. The molecule has 0 radical (unpaired) electrons. The zero-order chi connectivity index (χ0) is 32.4. The first-order chi connectivity index (χ1) is 21.3. The second kappa shape index (κ2) is 14.0. The SMILES string of the molecule is Cc1c(CC[C@H]2CCC[C@@H](c3ccc(C(F)(F)F)nc3)O2)ncnc1C(=O)N1CCC(N2CCC(N(C)S(C)(=O)=O)CC2)CC1. The molecular weight excluding hydrogens is 609 g/mol. The minimum atomic E-state index is -4.47. The molecule has 0 aliphatic carbocycles. The van der Waals surface area contributed by atoms with Gasteiger partial charge >= 0.3 is 6.18 Å². The predicted molar refractivity (Wildman–Crippen MR) is 162 cm³/mol. The maximum absolute atomic E-state index is 13.5. The first kappa shape index (κ1) is 33.7. The number of ether oxygens (including phenoxy) is 1. The van der Waals surface area contributed by atoms with Crippen molar-refractivity contribution in [3.8, 4) is 0 Å². The third kappa shape index (κ3) is 8.19. The lowest BCUT2D eigenvalue weighted by Gasteiger charge is -2.43. The molecule has 2 aromatic heterocycles. The van der Waals surface area contributed by atoms with Crippen LogP contribution in [0.5, 0.6) is 0 Å². The number of carbonyl (C=O) groups excluding carboxylic acids is 1. The van der Waals surface area contributed by atoms with Crippen molar-refractivity contribution in [2.45, 2.75) is 95.2 Å². The van der Waals surface area contributed by atoms with Crippen LogP contribution in [0.3, 0.4) is 0 Å². The molecule has 3 saturated heterocycles. The largest absolute Gasteiger partial charge is 0.433 e. The number of pyridine rings is 1. The molecule has 0 N–H and O–H groups in total. The highest BCUT2D eigenvalue weighted by Crippen LogP contribution is 2.34. The van der Waals surface area contributed by atoms with E-state index in [9.17, 15) is 26.4 Å². The van der Waals surface area contributed by atoms with Crippen molar-refractivity contribution in [3.05, 3.63) is 52.9 Å². The van der Waals surface area contributed by atoms with Crippen molar-refractivity contribution in [1.82, 2.24) is 29.1 Å². The van der Waals surface area contributed by atoms with Gasteiger partial charge in [-0.2, -0.15) is 13.2 Å². The van der Waals surface area contributed by atoms with Crippen LogP contribution in [0, 0.1) is 6.92 Å². The summed E-state index contributed by atoms with van der Waals surface area (Å²) >= 11 is 0. The highest BCUT2D eigenvalue weighted by Gasteiger charge is 2.34. The van der Waals surface area contributed by atoms with Crippen LogP contribution in [-0.4, -0.2) is 101 Å². The molecular formula is C31H43F3N6O4S. The first-order valence-corrected chi connectivity index (χ1v) is 17.6. The molecule has 5 heterocycles. The van der Waals surface area contributed by atoms with Crippen molar-refractivity contribution in [3.63, 3.8) is 0 Å². The molecule has 45 heavy (non-hydrogen) atoms. The maximum Gasteiger partial charge on any atom is 0.433 e. The summed E-state index contributed by atoms with van der Waals surface area (Å²) < 4.78 is 70.3. The van der Waals surface area contributed by atoms with Crippen LogP contribution in [0.1, 0.15) is 90.5 Å². The fourth-order valence-electron chi connectivity index (χ4n) is 6.84. The van der Waals surface area contributed by atoms with E-state index in [1.165, 1.54) is 29.2 Å². The molecule has 3 aliphatic heterocycles. The molecule has 248 valence electrons. The second-order valence-corrected chi connectivity index (χ2v) is 14.6. The zero-order valence-electron chi connectivity index (χ0n) is 26.2. The van der Waals surface area contributed by atoms with E-state index >= 15 is 0 Å². The summed E-state index contributed by atoms with van der Waals surface area (Å²) in [6.45, 7) is 4.86. The molecule has 3 aliphatic rings. The van der Waals surface area contributed by atoms with Crippen LogP contribution in [0.25, 0.3) is 0 Å². The third-order valence-electron chi connectivity index (χ3n) is 9.70. The van der Waals surface area contributed by atoms with Gasteiger partial charge in [0.15, 0.2) is 0 Å². The number of amides is 1. The van der Waals surface area contributed by atoms with Crippen LogP contribution in [0.4, 0.5) is 13.2 Å². The molecule has 0 spiro atoms. The van der Waals surface area contributed by atoms with Gasteiger partial charge in [-0.15, -0.1) is 0 Å². The standard InChI is InChI=1S/C31H43F3N6O4S/c1-21-26(9-8-25-5-4-6-27(44-25)22-7-10-28(35-19-22)31(32,33)34)36-20-37-29(21)30(41)40-17-13-24(14-18-40)39-15-11-23(12-16-39)38(2)45(3,42)43/h7,10,19-20,23-25,27H,4-6,8-9,11-18H2,1-3H3/t25-,27+/m1/s1. The van der Waals surface area contributed by atoms with Crippen molar-refractivity contribution in [2.75, 3.05) is 39.5 Å². The first-order valence-electron chi connectivity index (χ1n) is 15.8. The van der Waals surface area contributed by atoms with E-state index in [1.807, 2.05) is 11.8 Å². The van der Waals surface area contributed by atoms with Gasteiger partial charge in [-0.05, 0) is 89.4 Å². The summed E-state index contributed by atoms with van der Waals surface area (Å²) in [5.74, 6) is -0.0909. The van der Waals surface area contributed by atoms with Crippen LogP contribution in [-0.2, 0) is 27.4 Å². The van der Waals surface area contributed by atoms with Gasteiger partial charge in [0.05, 0.1) is 18.5 Å². The van der Waals surface area contributed by atoms with Crippen LogP contribution < -0.4 is 0 Å². The van der Waals surface area contributed by atoms with E-state index in [-0.39, 0.29) is 24.2 Å². The molecule has 10 nitrogen and oxygen atoms in total. The maximum atomic E-state index is 13.5. The number of carbonyl (C=O) groups is 1. The fourth-order valence-corrected chi connectivity index (χ4v) is 7.59. The van der Waals surface area contributed by atoms with E-state index in [2.05, 4.69) is 19.9 Å². The molecule has 14 heteroatoms. The lowest BCUT2D eigenvalue weighted by Crippen LogP contribution is -2.52. The zero-order valence-corrected chi connectivity index (χ0v) is 27.0. The number of rotatable bonds is 8. The summed E-state index contributed by atoms with van der Waals surface area (Å²) in [5, 5.41) is 0. The molecule has 2 atom stereocenters. The molecule has 1 amide bonds. The van der Waals surface area contributed by atoms with E-state index in [0.717, 1.165) is 75.4 Å². The van der Waals surface area contributed by atoms with E-state index in [0.29, 0.717) is 43.2 Å². The molecule has 0 bridgehead atoms. The van der Waals surface area contributed by atoms with Crippen LogP contribution >= 0.6 is 0 Å². The van der Waals surface area contributed by atoms with Gasteiger partial charge < -0.3 is 14.5 Å². The Bertz CT molecular complexity index is 1430. The predicted octanol–water partition coefficient (Wildman–Crippen LogP) is 4.40. The van der Waals surface area contributed by atoms with Gasteiger partial charge in [0.2, 0.25) is 10.0 Å². The number of hydrogen-bond acceptors (Lipinski definition) is 8. The molecule has 0 saturated carbocycles. The minimum absolute atomic E-state index is 0.0373. The van der Waals surface area contributed by atoms with Crippen molar-refractivity contribution < 1.29 is 31.1 Å². The van der Waals surface area contributed by atoms with Gasteiger partial charge in [0, 0.05) is 49.7 Å². The average molecular weight is 653 g/mol. The lowest BCUT2D eigenvalue weighted by atomic mass is 9.96.